The molecule has 120 valence electrons. The number of likely N-dealkylation sites (tertiary alicyclic amines) is 1. The summed E-state index contributed by atoms with van der Waals surface area (Å²) in [5.74, 6) is 0.343. The molecule has 0 bridgehead atoms. The topological polar surface area (TPSA) is 32.8 Å². The Hall–Kier alpha value is -0.610. The zero-order valence-electron chi connectivity index (χ0n) is 13.5. The monoisotopic (exact) mass is 294 g/mol. The van der Waals surface area contributed by atoms with Crippen molar-refractivity contribution in [2.45, 2.75) is 69.9 Å². The van der Waals surface area contributed by atoms with Crippen LogP contribution in [-0.2, 0) is 9.53 Å². The summed E-state index contributed by atoms with van der Waals surface area (Å²) in [7, 11) is 0. The molecule has 0 aromatic carbocycles. The van der Waals surface area contributed by atoms with Gasteiger partial charge >= 0.3 is 0 Å². The molecule has 21 heavy (non-hydrogen) atoms. The van der Waals surface area contributed by atoms with Gasteiger partial charge in [0.15, 0.2) is 0 Å². The molecule has 1 aliphatic carbocycles. The van der Waals surface area contributed by atoms with Crippen LogP contribution in [0.5, 0.6) is 0 Å². The Bertz CT molecular complexity index is 360. The van der Waals surface area contributed by atoms with Gasteiger partial charge in [-0.15, -0.1) is 0 Å². The van der Waals surface area contributed by atoms with Crippen LogP contribution >= 0.6 is 0 Å². The van der Waals surface area contributed by atoms with Crippen LogP contribution in [0, 0.1) is 0 Å². The van der Waals surface area contributed by atoms with Crippen molar-refractivity contribution >= 4 is 5.91 Å². The molecule has 4 nitrogen and oxygen atoms in total. The highest BCUT2D eigenvalue weighted by Crippen LogP contribution is 2.36. The van der Waals surface area contributed by atoms with Gasteiger partial charge in [-0.25, -0.2) is 0 Å². The maximum atomic E-state index is 12.5. The fourth-order valence-electron chi connectivity index (χ4n) is 4.23. The summed E-state index contributed by atoms with van der Waals surface area (Å²) >= 11 is 0. The van der Waals surface area contributed by atoms with Crippen molar-refractivity contribution < 1.29 is 9.53 Å². The van der Waals surface area contributed by atoms with E-state index >= 15 is 0 Å². The lowest BCUT2D eigenvalue weighted by Gasteiger charge is -2.40. The number of ether oxygens (including phenoxy) is 1. The predicted octanol–water partition coefficient (Wildman–Crippen LogP) is 2.42. The number of hydrogen-bond acceptors (Lipinski definition) is 3. The van der Waals surface area contributed by atoms with Gasteiger partial charge in [-0.3, -0.25) is 4.79 Å². The van der Waals surface area contributed by atoms with E-state index in [1.165, 1.54) is 38.8 Å². The second-order valence-corrected chi connectivity index (χ2v) is 7.18. The molecule has 3 aliphatic rings. The van der Waals surface area contributed by atoms with Gasteiger partial charge in [-0.05, 0) is 52.1 Å². The lowest BCUT2D eigenvalue weighted by Crippen LogP contribution is -2.52. The first-order chi connectivity index (χ1) is 10.2. The minimum atomic E-state index is 0.00841. The lowest BCUT2D eigenvalue weighted by atomic mass is 9.99. The van der Waals surface area contributed by atoms with Crippen LogP contribution in [0.15, 0.2) is 0 Å². The van der Waals surface area contributed by atoms with Gasteiger partial charge < -0.3 is 14.5 Å². The molecule has 2 aliphatic heterocycles. The van der Waals surface area contributed by atoms with E-state index in [0.717, 1.165) is 39.0 Å². The fourth-order valence-corrected chi connectivity index (χ4v) is 4.23. The maximum absolute atomic E-state index is 12.5. The normalized spacial score (nSPS) is 27.4. The van der Waals surface area contributed by atoms with Crippen molar-refractivity contribution in [2.24, 2.45) is 0 Å². The first kappa shape index (κ1) is 15.3. The zero-order valence-corrected chi connectivity index (χ0v) is 13.5. The number of hydrogen-bond donors (Lipinski definition) is 0. The van der Waals surface area contributed by atoms with Crippen molar-refractivity contribution in [1.29, 1.82) is 0 Å². The average molecular weight is 294 g/mol. The molecule has 0 N–H and O–H groups in total. The number of nitrogens with zero attached hydrogens (tertiary/aromatic N) is 2. The molecule has 2 heterocycles. The Kier molecular flexibility index (Phi) is 4.85. The van der Waals surface area contributed by atoms with Gasteiger partial charge in [-0.1, -0.05) is 12.8 Å². The summed E-state index contributed by atoms with van der Waals surface area (Å²) in [6.07, 6.45) is 9.15. The van der Waals surface area contributed by atoms with Crippen LogP contribution in [0.4, 0.5) is 0 Å². The van der Waals surface area contributed by atoms with Gasteiger partial charge in [0, 0.05) is 25.6 Å². The second-order valence-electron chi connectivity index (χ2n) is 7.18. The standard InChI is InChI=1S/C17H30N2O2/c1-15(18-10-4-5-11-18)6-7-16(20)19-12-13-21-17(14-19)8-2-3-9-17/h15H,2-14H2,1H3. The summed E-state index contributed by atoms with van der Waals surface area (Å²) in [5.41, 5.74) is 0.00841. The first-order valence-corrected chi connectivity index (χ1v) is 8.84. The number of carbonyl (C=O) groups excluding carboxylic acids is 1. The molecular weight excluding hydrogens is 264 g/mol. The average Bonchev–Trinajstić information content (AvgIpc) is 3.16. The van der Waals surface area contributed by atoms with Crippen LogP contribution in [0.3, 0.4) is 0 Å². The van der Waals surface area contributed by atoms with Crippen LogP contribution < -0.4 is 0 Å². The number of amides is 1. The Balaban J connectivity index is 1.46. The van der Waals surface area contributed by atoms with Crippen molar-refractivity contribution in [1.82, 2.24) is 9.80 Å². The molecule has 0 radical (unpaired) electrons. The molecule has 4 heteroatoms. The highest BCUT2D eigenvalue weighted by Gasteiger charge is 2.40. The largest absolute Gasteiger partial charge is 0.371 e. The Morgan fingerprint density at radius 1 is 1.14 bits per heavy atom. The van der Waals surface area contributed by atoms with Gasteiger partial charge in [0.2, 0.25) is 5.91 Å². The Labute approximate surface area is 128 Å². The van der Waals surface area contributed by atoms with E-state index < -0.39 is 0 Å². The fraction of sp³-hybridized carbons (Fsp3) is 0.941. The van der Waals surface area contributed by atoms with E-state index in [1.807, 2.05) is 0 Å². The van der Waals surface area contributed by atoms with E-state index in [2.05, 4.69) is 16.7 Å². The Morgan fingerprint density at radius 2 is 1.86 bits per heavy atom. The van der Waals surface area contributed by atoms with Crippen LogP contribution in [0.25, 0.3) is 0 Å². The molecular formula is C17H30N2O2. The van der Waals surface area contributed by atoms with Crippen LogP contribution in [0.2, 0.25) is 0 Å². The van der Waals surface area contributed by atoms with Gasteiger partial charge in [0.1, 0.15) is 0 Å². The third-order valence-corrected chi connectivity index (χ3v) is 5.66. The molecule has 1 spiro atoms. The molecule has 1 unspecified atom stereocenters. The first-order valence-electron chi connectivity index (χ1n) is 8.84. The Morgan fingerprint density at radius 3 is 2.57 bits per heavy atom. The molecule has 0 aromatic heterocycles. The van der Waals surface area contributed by atoms with Crippen molar-refractivity contribution in [2.75, 3.05) is 32.8 Å². The minimum Gasteiger partial charge on any atom is -0.371 e. The third kappa shape index (κ3) is 3.59. The SMILES string of the molecule is CC(CCC(=O)N1CCOC2(CCCC2)C1)N1CCCC1. The van der Waals surface area contributed by atoms with E-state index in [1.54, 1.807) is 0 Å². The number of carbonyl (C=O) groups is 1. The summed E-state index contributed by atoms with van der Waals surface area (Å²) < 4.78 is 6.01. The highest BCUT2D eigenvalue weighted by atomic mass is 16.5. The van der Waals surface area contributed by atoms with Gasteiger partial charge in [0.25, 0.3) is 0 Å². The van der Waals surface area contributed by atoms with E-state index in [-0.39, 0.29) is 5.60 Å². The number of rotatable bonds is 4. The second kappa shape index (κ2) is 6.66. The van der Waals surface area contributed by atoms with Gasteiger partial charge in [-0.2, -0.15) is 0 Å². The highest BCUT2D eigenvalue weighted by molar-refractivity contribution is 5.76. The molecule has 3 fully saturated rings. The van der Waals surface area contributed by atoms with E-state index in [4.69, 9.17) is 4.74 Å². The van der Waals surface area contributed by atoms with Crippen molar-refractivity contribution in [3.05, 3.63) is 0 Å². The predicted molar refractivity (Wildman–Crippen MR) is 83.2 cm³/mol. The van der Waals surface area contributed by atoms with Crippen molar-refractivity contribution in [3.8, 4) is 0 Å². The van der Waals surface area contributed by atoms with Crippen LogP contribution in [-0.4, -0.2) is 60.1 Å². The number of morpholine rings is 1. The molecule has 1 saturated carbocycles. The smallest absolute Gasteiger partial charge is 0.222 e. The van der Waals surface area contributed by atoms with Gasteiger partial charge in [0.05, 0.1) is 12.2 Å². The zero-order chi connectivity index (χ0) is 14.7. The summed E-state index contributed by atoms with van der Waals surface area (Å²) in [6, 6.07) is 0.554. The summed E-state index contributed by atoms with van der Waals surface area (Å²) in [6.45, 7) is 7.07. The molecule has 0 aromatic rings. The molecule has 1 atom stereocenters. The quantitative estimate of drug-likeness (QED) is 0.798. The van der Waals surface area contributed by atoms with E-state index in [0.29, 0.717) is 18.4 Å². The molecule has 1 amide bonds. The van der Waals surface area contributed by atoms with E-state index in [9.17, 15) is 4.79 Å². The molecule has 3 rings (SSSR count). The van der Waals surface area contributed by atoms with Crippen molar-refractivity contribution in [3.63, 3.8) is 0 Å². The summed E-state index contributed by atoms with van der Waals surface area (Å²) in [4.78, 5) is 17.1. The lowest BCUT2D eigenvalue weighted by molar-refractivity contribution is -0.150. The summed E-state index contributed by atoms with van der Waals surface area (Å²) in [5, 5.41) is 0. The molecule has 2 saturated heterocycles. The maximum Gasteiger partial charge on any atom is 0.222 e. The van der Waals surface area contributed by atoms with Crippen LogP contribution in [0.1, 0.15) is 58.3 Å². The third-order valence-electron chi connectivity index (χ3n) is 5.66. The minimum absolute atomic E-state index is 0.00841.